The highest BCUT2D eigenvalue weighted by Gasteiger charge is 2.46. The summed E-state index contributed by atoms with van der Waals surface area (Å²) in [5.74, 6) is 0.409. The number of hydrogen-bond acceptors (Lipinski definition) is 2. The van der Waals surface area contributed by atoms with Gasteiger partial charge in [0.05, 0.1) is 10.1 Å². The second kappa shape index (κ2) is 5.87. The van der Waals surface area contributed by atoms with Crippen LogP contribution in [0.1, 0.15) is 45.4 Å². The molecule has 0 N–H and O–H groups in total. The van der Waals surface area contributed by atoms with Crippen molar-refractivity contribution in [3.05, 3.63) is 30.3 Å². The molecule has 0 amide bonds. The molecular formula is C15H22O2S. The second-order valence-corrected chi connectivity index (χ2v) is 7.41. The van der Waals surface area contributed by atoms with E-state index < -0.39 is 9.84 Å². The quantitative estimate of drug-likeness (QED) is 0.703. The van der Waals surface area contributed by atoms with Crippen molar-refractivity contribution >= 4 is 9.84 Å². The summed E-state index contributed by atoms with van der Waals surface area (Å²) in [6.45, 7) is 2.19. The summed E-state index contributed by atoms with van der Waals surface area (Å²) in [6, 6.07) is 8.87. The third-order valence-corrected chi connectivity index (χ3v) is 6.06. The Bertz CT molecular complexity index is 465. The van der Waals surface area contributed by atoms with Gasteiger partial charge in [0.1, 0.15) is 0 Å². The zero-order valence-corrected chi connectivity index (χ0v) is 11.8. The van der Waals surface area contributed by atoms with Crippen molar-refractivity contribution in [1.82, 2.24) is 0 Å². The zero-order valence-electron chi connectivity index (χ0n) is 11.0. The summed E-state index contributed by atoms with van der Waals surface area (Å²) in [5.41, 5.74) is 0. The van der Waals surface area contributed by atoms with E-state index in [-0.39, 0.29) is 5.25 Å². The average molecular weight is 266 g/mol. The number of benzene rings is 1. The van der Waals surface area contributed by atoms with E-state index in [1.54, 1.807) is 24.3 Å². The van der Waals surface area contributed by atoms with Crippen LogP contribution in [0.2, 0.25) is 0 Å². The van der Waals surface area contributed by atoms with Crippen molar-refractivity contribution in [3.63, 3.8) is 0 Å². The summed E-state index contributed by atoms with van der Waals surface area (Å²) in [4.78, 5) is 0.492. The number of rotatable bonds is 7. The van der Waals surface area contributed by atoms with Crippen molar-refractivity contribution in [2.45, 2.75) is 55.6 Å². The Kier molecular flexibility index (Phi) is 4.44. The third-order valence-electron chi connectivity index (χ3n) is 3.76. The van der Waals surface area contributed by atoms with Crippen LogP contribution < -0.4 is 0 Å². The van der Waals surface area contributed by atoms with Crippen molar-refractivity contribution < 1.29 is 8.42 Å². The van der Waals surface area contributed by atoms with E-state index in [4.69, 9.17) is 0 Å². The fourth-order valence-corrected chi connectivity index (χ4v) is 4.55. The monoisotopic (exact) mass is 266 g/mol. The van der Waals surface area contributed by atoms with Crippen LogP contribution in [0.3, 0.4) is 0 Å². The Hall–Kier alpha value is -0.830. The molecule has 1 aliphatic carbocycles. The van der Waals surface area contributed by atoms with Crippen LogP contribution >= 0.6 is 0 Å². The first-order valence-electron chi connectivity index (χ1n) is 6.95. The van der Waals surface area contributed by atoms with Crippen molar-refractivity contribution in [1.29, 1.82) is 0 Å². The lowest BCUT2D eigenvalue weighted by Crippen LogP contribution is -2.09. The highest BCUT2D eigenvalue weighted by molar-refractivity contribution is 7.92. The predicted molar refractivity (Wildman–Crippen MR) is 74.3 cm³/mol. The van der Waals surface area contributed by atoms with E-state index in [1.807, 2.05) is 6.07 Å². The van der Waals surface area contributed by atoms with Gasteiger partial charge in [-0.3, -0.25) is 0 Å². The van der Waals surface area contributed by atoms with Crippen LogP contribution in [0.4, 0.5) is 0 Å². The number of sulfone groups is 1. The van der Waals surface area contributed by atoms with E-state index in [9.17, 15) is 8.42 Å². The molecule has 0 spiro atoms. The normalized spacial score (nSPS) is 22.9. The summed E-state index contributed by atoms with van der Waals surface area (Å²) >= 11 is 0. The molecule has 0 aliphatic heterocycles. The van der Waals surface area contributed by atoms with Crippen molar-refractivity contribution in [3.8, 4) is 0 Å². The molecule has 3 heteroatoms. The SMILES string of the molecule is CCCCCC[C@@H]1C[C@H]1S(=O)(=O)c1ccccc1. The fourth-order valence-electron chi connectivity index (χ4n) is 2.52. The highest BCUT2D eigenvalue weighted by Crippen LogP contribution is 2.43. The minimum Gasteiger partial charge on any atom is -0.223 e. The van der Waals surface area contributed by atoms with Crippen LogP contribution in [-0.4, -0.2) is 13.7 Å². The first kappa shape index (κ1) is 13.6. The summed E-state index contributed by atoms with van der Waals surface area (Å²) in [6.07, 6.45) is 6.86. The van der Waals surface area contributed by atoms with E-state index in [0.29, 0.717) is 10.8 Å². The first-order chi connectivity index (χ1) is 8.66. The molecule has 1 aliphatic rings. The predicted octanol–water partition coefficient (Wildman–Crippen LogP) is 3.82. The van der Waals surface area contributed by atoms with E-state index >= 15 is 0 Å². The Morgan fingerprint density at radius 2 is 1.83 bits per heavy atom. The van der Waals surface area contributed by atoms with Gasteiger partial charge < -0.3 is 0 Å². The number of hydrogen-bond donors (Lipinski definition) is 0. The smallest absolute Gasteiger partial charge is 0.181 e. The first-order valence-corrected chi connectivity index (χ1v) is 8.50. The summed E-state index contributed by atoms with van der Waals surface area (Å²) < 4.78 is 24.6. The minimum absolute atomic E-state index is 0.110. The van der Waals surface area contributed by atoms with Crippen molar-refractivity contribution in [2.75, 3.05) is 0 Å². The maximum absolute atomic E-state index is 12.3. The Labute approximate surface area is 110 Å². The lowest BCUT2D eigenvalue weighted by molar-refractivity contribution is 0.576. The number of unbranched alkanes of at least 4 members (excludes halogenated alkanes) is 3. The lowest BCUT2D eigenvalue weighted by Gasteiger charge is -2.03. The van der Waals surface area contributed by atoms with Gasteiger partial charge in [-0.15, -0.1) is 0 Å². The third kappa shape index (κ3) is 3.14. The van der Waals surface area contributed by atoms with Gasteiger partial charge in [0, 0.05) is 0 Å². The summed E-state index contributed by atoms with van der Waals surface area (Å²) in [7, 11) is -3.06. The topological polar surface area (TPSA) is 34.1 Å². The molecule has 2 rings (SSSR count). The lowest BCUT2D eigenvalue weighted by atomic mass is 10.1. The van der Waals surface area contributed by atoms with Crippen LogP contribution in [0.15, 0.2) is 35.2 Å². The zero-order chi connectivity index (χ0) is 13.0. The van der Waals surface area contributed by atoms with Gasteiger partial charge in [-0.2, -0.15) is 0 Å². The van der Waals surface area contributed by atoms with Gasteiger partial charge in [0.15, 0.2) is 9.84 Å². The Balaban J connectivity index is 1.87. The molecule has 0 heterocycles. The molecule has 0 aromatic heterocycles. The largest absolute Gasteiger partial charge is 0.223 e. The van der Waals surface area contributed by atoms with Crippen molar-refractivity contribution in [2.24, 2.45) is 5.92 Å². The minimum atomic E-state index is -3.06. The van der Waals surface area contributed by atoms with Gasteiger partial charge in [-0.05, 0) is 30.9 Å². The van der Waals surface area contributed by atoms with Crippen LogP contribution in [0, 0.1) is 5.92 Å². The fraction of sp³-hybridized carbons (Fsp3) is 0.600. The molecule has 1 aromatic carbocycles. The maximum Gasteiger partial charge on any atom is 0.181 e. The molecule has 1 aromatic rings. The molecule has 0 radical (unpaired) electrons. The van der Waals surface area contributed by atoms with E-state index in [0.717, 1.165) is 12.8 Å². The molecule has 1 saturated carbocycles. The van der Waals surface area contributed by atoms with E-state index in [1.165, 1.54) is 25.7 Å². The van der Waals surface area contributed by atoms with Crippen LogP contribution in [0.5, 0.6) is 0 Å². The molecule has 100 valence electrons. The molecule has 0 saturated heterocycles. The standard InChI is InChI=1S/C15H22O2S/c1-2-3-4-6-9-13-12-15(13)18(16,17)14-10-7-5-8-11-14/h5,7-8,10-11,13,15H,2-4,6,9,12H2,1H3/t13-,15-/m1/s1. The summed E-state index contributed by atoms with van der Waals surface area (Å²) in [5, 5.41) is -0.110. The van der Waals surface area contributed by atoms with Gasteiger partial charge in [-0.1, -0.05) is 50.8 Å². The maximum atomic E-state index is 12.3. The Morgan fingerprint density at radius 3 is 2.50 bits per heavy atom. The van der Waals surface area contributed by atoms with Gasteiger partial charge in [0.25, 0.3) is 0 Å². The second-order valence-electron chi connectivity index (χ2n) is 5.24. The average Bonchev–Trinajstić information content (AvgIpc) is 3.16. The highest BCUT2D eigenvalue weighted by atomic mass is 32.2. The molecular weight excluding hydrogens is 244 g/mol. The molecule has 0 bridgehead atoms. The van der Waals surface area contributed by atoms with Gasteiger partial charge in [0.2, 0.25) is 0 Å². The molecule has 2 atom stereocenters. The molecule has 0 unspecified atom stereocenters. The van der Waals surface area contributed by atoms with Crippen LogP contribution in [-0.2, 0) is 9.84 Å². The van der Waals surface area contributed by atoms with Gasteiger partial charge >= 0.3 is 0 Å². The van der Waals surface area contributed by atoms with E-state index in [2.05, 4.69) is 6.92 Å². The van der Waals surface area contributed by atoms with Crippen LogP contribution in [0.25, 0.3) is 0 Å². The molecule has 18 heavy (non-hydrogen) atoms. The molecule has 1 fully saturated rings. The Morgan fingerprint density at radius 1 is 1.11 bits per heavy atom. The molecule has 2 nitrogen and oxygen atoms in total. The van der Waals surface area contributed by atoms with Gasteiger partial charge in [-0.25, -0.2) is 8.42 Å².